The molecule has 0 spiro atoms. The van der Waals surface area contributed by atoms with Crippen molar-refractivity contribution in [2.24, 2.45) is 5.73 Å². The molecule has 0 saturated heterocycles. The van der Waals surface area contributed by atoms with E-state index in [0.717, 1.165) is 42.8 Å². The minimum Gasteiger partial charge on any atom is -0.326 e. The van der Waals surface area contributed by atoms with E-state index in [9.17, 15) is 4.79 Å². The molecule has 2 aromatic rings. The maximum atomic E-state index is 12.2. The van der Waals surface area contributed by atoms with Crippen molar-refractivity contribution in [3.8, 4) is 0 Å². The van der Waals surface area contributed by atoms with Crippen LogP contribution in [0.2, 0.25) is 0 Å². The van der Waals surface area contributed by atoms with Gasteiger partial charge in [-0.2, -0.15) is 5.10 Å². The van der Waals surface area contributed by atoms with Gasteiger partial charge in [-0.25, -0.2) is 9.48 Å². The number of benzene rings is 1. The Hall–Kier alpha value is -1.88. The summed E-state index contributed by atoms with van der Waals surface area (Å²) in [7, 11) is 0. The van der Waals surface area contributed by atoms with Crippen molar-refractivity contribution in [3.63, 3.8) is 0 Å². The number of aromatic nitrogens is 3. The summed E-state index contributed by atoms with van der Waals surface area (Å²) in [4.78, 5) is 12.2. The van der Waals surface area contributed by atoms with Crippen LogP contribution in [0.5, 0.6) is 0 Å². The maximum Gasteiger partial charge on any atom is 0.346 e. The van der Waals surface area contributed by atoms with Gasteiger partial charge in [0.2, 0.25) is 0 Å². The van der Waals surface area contributed by atoms with Crippen molar-refractivity contribution in [1.29, 1.82) is 0 Å². The Labute approximate surface area is 111 Å². The third kappa shape index (κ3) is 2.21. The minimum atomic E-state index is 0.00141. The first-order chi connectivity index (χ1) is 9.29. The van der Waals surface area contributed by atoms with Crippen LogP contribution in [0.3, 0.4) is 0 Å². The number of rotatable bonds is 3. The number of nitrogens with zero attached hydrogens (tertiary/aromatic N) is 3. The van der Waals surface area contributed by atoms with E-state index in [0.29, 0.717) is 13.1 Å². The molecule has 1 aromatic carbocycles. The van der Waals surface area contributed by atoms with Crippen LogP contribution >= 0.6 is 0 Å². The third-order valence-electron chi connectivity index (χ3n) is 3.69. The fourth-order valence-electron chi connectivity index (χ4n) is 2.62. The summed E-state index contributed by atoms with van der Waals surface area (Å²) in [5.41, 5.74) is 7.87. The summed E-state index contributed by atoms with van der Waals surface area (Å²) in [6.45, 7) is 1.79. The molecule has 5 nitrogen and oxygen atoms in total. The molecule has 0 fully saturated rings. The second-order valence-corrected chi connectivity index (χ2v) is 4.94. The summed E-state index contributed by atoms with van der Waals surface area (Å²) >= 11 is 0. The molecule has 1 aliphatic rings. The lowest BCUT2D eigenvalue weighted by Crippen LogP contribution is -2.27. The van der Waals surface area contributed by atoms with Crippen molar-refractivity contribution in [2.75, 3.05) is 0 Å². The highest BCUT2D eigenvalue weighted by Crippen LogP contribution is 2.12. The Balaban J connectivity index is 1.95. The number of nitrogens with two attached hydrogens (primary N) is 1. The van der Waals surface area contributed by atoms with Gasteiger partial charge in [-0.3, -0.25) is 4.57 Å². The van der Waals surface area contributed by atoms with Gasteiger partial charge in [-0.15, -0.1) is 0 Å². The Morgan fingerprint density at radius 3 is 2.74 bits per heavy atom. The summed E-state index contributed by atoms with van der Waals surface area (Å²) in [5.74, 6) is 0.918. The lowest BCUT2D eigenvalue weighted by Gasteiger charge is -2.09. The highest BCUT2D eigenvalue weighted by atomic mass is 16.2. The van der Waals surface area contributed by atoms with Crippen LogP contribution < -0.4 is 11.4 Å². The quantitative estimate of drug-likeness (QED) is 0.889. The van der Waals surface area contributed by atoms with Gasteiger partial charge in [-0.1, -0.05) is 24.3 Å². The second kappa shape index (κ2) is 5.01. The zero-order chi connectivity index (χ0) is 13.2. The Morgan fingerprint density at radius 1 is 1.21 bits per heavy atom. The number of fused-ring (bicyclic) bond motifs is 1. The standard InChI is InChI=1S/C14H18N4O/c15-9-11-5-1-2-6-12(11)10-18-14(19)17-8-4-3-7-13(17)16-18/h1-2,5-6H,3-4,7-10,15H2. The van der Waals surface area contributed by atoms with E-state index in [4.69, 9.17) is 5.73 Å². The summed E-state index contributed by atoms with van der Waals surface area (Å²) in [6, 6.07) is 7.94. The zero-order valence-corrected chi connectivity index (χ0v) is 10.9. The van der Waals surface area contributed by atoms with Crippen molar-refractivity contribution >= 4 is 0 Å². The molecular formula is C14H18N4O. The molecule has 1 aromatic heterocycles. The first-order valence-electron chi connectivity index (χ1n) is 6.73. The number of hydrogen-bond acceptors (Lipinski definition) is 3. The van der Waals surface area contributed by atoms with Gasteiger partial charge in [0.25, 0.3) is 0 Å². The zero-order valence-electron chi connectivity index (χ0n) is 10.9. The van der Waals surface area contributed by atoms with Crippen LogP contribution in [0.25, 0.3) is 0 Å². The van der Waals surface area contributed by atoms with Gasteiger partial charge in [0.1, 0.15) is 5.82 Å². The van der Waals surface area contributed by atoms with Gasteiger partial charge >= 0.3 is 5.69 Å². The Morgan fingerprint density at radius 2 is 2.00 bits per heavy atom. The Kier molecular flexibility index (Phi) is 3.21. The van der Waals surface area contributed by atoms with E-state index in [1.54, 1.807) is 9.25 Å². The second-order valence-electron chi connectivity index (χ2n) is 4.94. The van der Waals surface area contributed by atoms with Crippen LogP contribution in [0, 0.1) is 0 Å². The third-order valence-corrected chi connectivity index (χ3v) is 3.69. The predicted molar refractivity (Wildman–Crippen MR) is 72.9 cm³/mol. The van der Waals surface area contributed by atoms with Crippen molar-refractivity contribution in [3.05, 3.63) is 51.7 Å². The smallest absolute Gasteiger partial charge is 0.326 e. The average Bonchev–Trinajstić information content (AvgIpc) is 2.77. The molecular weight excluding hydrogens is 240 g/mol. The molecule has 2 N–H and O–H groups in total. The van der Waals surface area contributed by atoms with E-state index in [1.807, 2.05) is 24.3 Å². The van der Waals surface area contributed by atoms with Crippen LogP contribution in [0.1, 0.15) is 29.8 Å². The van der Waals surface area contributed by atoms with Gasteiger partial charge < -0.3 is 5.73 Å². The molecule has 100 valence electrons. The predicted octanol–water partition coefficient (Wildman–Crippen LogP) is 0.888. The molecule has 19 heavy (non-hydrogen) atoms. The average molecular weight is 258 g/mol. The molecule has 0 bridgehead atoms. The molecule has 0 atom stereocenters. The maximum absolute atomic E-state index is 12.2. The minimum absolute atomic E-state index is 0.00141. The van der Waals surface area contributed by atoms with Crippen molar-refractivity contribution in [2.45, 2.75) is 38.9 Å². The lowest BCUT2D eigenvalue weighted by molar-refractivity contribution is 0.511. The fourth-order valence-corrected chi connectivity index (χ4v) is 2.62. The highest BCUT2D eigenvalue weighted by Gasteiger charge is 2.16. The SMILES string of the molecule is NCc1ccccc1Cn1nc2n(c1=O)CCCC2. The topological polar surface area (TPSA) is 65.8 Å². The number of hydrogen-bond donors (Lipinski definition) is 1. The lowest BCUT2D eigenvalue weighted by atomic mass is 10.1. The number of aryl methyl sites for hydroxylation is 1. The van der Waals surface area contributed by atoms with Gasteiger partial charge in [0, 0.05) is 19.5 Å². The largest absolute Gasteiger partial charge is 0.346 e. The normalized spacial score (nSPS) is 14.4. The van der Waals surface area contributed by atoms with Crippen LogP contribution in [0.15, 0.2) is 29.1 Å². The molecule has 0 unspecified atom stereocenters. The fraction of sp³-hybridized carbons (Fsp3) is 0.429. The van der Waals surface area contributed by atoms with Crippen LogP contribution in [0.4, 0.5) is 0 Å². The molecule has 2 heterocycles. The summed E-state index contributed by atoms with van der Waals surface area (Å²) in [5, 5.41) is 4.45. The van der Waals surface area contributed by atoms with E-state index in [2.05, 4.69) is 5.10 Å². The van der Waals surface area contributed by atoms with E-state index in [-0.39, 0.29) is 5.69 Å². The molecule has 3 rings (SSSR count). The van der Waals surface area contributed by atoms with Gasteiger partial charge in [0.05, 0.1) is 6.54 Å². The molecule has 0 aliphatic carbocycles. The monoisotopic (exact) mass is 258 g/mol. The van der Waals surface area contributed by atoms with E-state index < -0.39 is 0 Å². The molecule has 5 heteroatoms. The first kappa shape index (κ1) is 12.2. The molecule has 1 aliphatic heterocycles. The van der Waals surface area contributed by atoms with E-state index in [1.165, 1.54) is 0 Å². The van der Waals surface area contributed by atoms with Crippen molar-refractivity contribution in [1.82, 2.24) is 14.3 Å². The molecule has 0 saturated carbocycles. The van der Waals surface area contributed by atoms with Gasteiger partial charge in [0.15, 0.2) is 0 Å². The molecule has 0 radical (unpaired) electrons. The van der Waals surface area contributed by atoms with Gasteiger partial charge in [-0.05, 0) is 24.0 Å². The van der Waals surface area contributed by atoms with Crippen molar-refractivity contribution < 1.29 is 0 Å². The summed E-state index contributed by atoms with van der Waals surface area (Å²) in [6.07, 6.45) is 3.09. The Bertz CT molecular complexity index is 641. The van der Waals surface area contributed by atoms with E-state index >= 15 is 0 Å². The molecule has 0 amide bonds. The first-order valence-corrected chi connectivity index (χ1v) is 6.73. The summed E-state index contributed by atoms with van der Waals surface area (Å²) < 4.78 is 3.36. The van der Waals surface area contributed by atoms with Crippen LogP contribution in [-0.4, -0.2) is 14.3 Å². The highest BCUT2D eigenvalue weighted by molar-refractivity contribution is 5.26. The van der Waals surface area contributed by atoms with Crippen LogP contribution in [-0.2, 0) is 26.1 Å².